The van der Waals surface area contributed by atoms with E-state index >= 15 is 0 Å². The average molecular weight is 190 g/mol. The van der Waals surface area contributed by atoms with Gasteiger partial charge in [0.1, 0.15) is 5.69 Å². The second-order valence-corrected chi connectivity index (χ2v) is 3.30. The number of hydrogen-bond acceptors (Lipinski definition) is 2. The van der Waals surface area contributed by atoms with E-state index in [-0.39, 0.29) is 5.91 Å². The van der Waals surface area contributed by atoms with E-state index in [2.05, 4.69) is 16.9 Å². The van der Waals surface area contributed by atoms with Gasteiger partial charge in [-0.2, -0.15) is 0 Å². The van der Waals surface area contributed by atoms with Crippen molar-refractivity contribution < 1.29 is 4.79 Å². The van der Waals surface area contributed by atoms with Gasteiger partial charge in [-0.15, -0.1) is 0 Å². The quantitative estimate of drug-likeness (QED) is 0.737. The molecule has 3 heteroatoms. The largest absolute Gasteiger partial charge is 0.347 e. The number of aryl methyl sites for hydroxylation is 1. The number of pyridine rings is 1. The zero-order valence-electron chi connectivity index (χ0n) is 8.50. The van der Waals surface area contributed by atoms with Crippen molar-refractivity contribution in [1.29, 1.82) is 0 Å². The predicted octanol–water partition coefficient (Wildman–Crippen LogP) is 1.70. The second-order valence-electron chi connectivity index (χ2n) is 3.30. The standard InChI is InChI=1S/C11H14N2O/c1-8(2)7-12-11(14)10-6-4-5-9(3)13-10/h4-6H,1,7H2,2-3H3,(H,12,14). The van der Waals surface area contributed by atoms with Crippen molar-refractivity contribution in [1.82, 2.24) is 10.3 Å². The van der Waals surface area contributed by atoms with Crippen molar-refractivity contribution in [3.8, 4) is 0 Å². The highest BCUT2D eigenvalue weighted by molar-refractivity contribution is 5.92. The summed E-state index contributed by atoms with van der Waals surface area (Å²) in [6, 6.07) is 5.37. The normalized spacial score (nSPS) is 9.57. The maximum absolute atomic E-state index is 11.5. The smallest absolute Gasteiger partial charge is 0.270 e. The Kier molecular flexibility index (Phi) is 3.40. The summed E-state index contributed by atoms with van der Waals surface area (Å²) in [6.45, 7) is 7.92. The average Bonchev–Trinajstić information content (AvgIpc) is 2.14. The van der Waals surface area contributed by atoms with E-state index in [9.17, 15) is 4.79 Å². The fraction of sp³-hybridized carbons (Fsp3) is 0.273. The minimum atomic E-state index is -0.156. The van der Waals surface area contributed by atoms with Crippen molar-refractivity contribution in [2.45, 2.75) is 13.8 Å². The molecule has 14 heavy (non-hydrogen) atoms. The molecule has 0 atom stereocenters. The highest BCUT2D eigenvalue weighted by Gasteiger charge is 2.05. The molecule has 0 spiro atoms. The Morgan fingerprint density at radius 1 is 1.57 bits per heavy atom. The van der Waals surface area contributed by atoms with Gasteiger partial charge in [-0.05, 0) is 26.0 Å². The minimum Gasteiger partial charge on any atom is -0.347 e. The van der Waals surface area contributed by atoms with Crippen LogP contribution in [0, 0.1) is 6.92 Å². The van der Waals surface area contributed by atoms with E-state index < -0.39 is 0 Å². The summed E-state index contributed by atoms with van der Waals surface area (Å²) >= 11 is 0. The van der Waals surface area contributed by atoms with Crippen LogP contribution in [0.15, 0.2) is 30.4 Å². The van der Waals surface area contributed by atoms with Gasteiger partial charge < -0.3 is 5.32 Å². The van der Waals surface area contributed by atoms with Crippen LogP contribution in [0.1, 0.15) is 23.1 Å². The molecule has 3 nitrogen and oxygen atoms in total. The van der Waals surface area contributed by atoms with Gasteiger partial charge in [0.25, 0.3) is 5.91 Å². The lowest BCUT2D eigenvalue weighted by molar-refractivity contribution is 0.0952. The third-order valence-corrected chi connectivity index (χ3v) is 1.67. The van der Waals surface area contributed by atoms with Crippen LogP contribution >= 0.6 is 0 Å². The predicted molar refractivity (Wildman–Crippen MR) is 56.1 cm³/mol. The molecular weight excluding hydrogens is 176 g/mol. The summed E-state index contributed by atoms with van der Waals surface area (Å²) in [4.78, 5) is 15.6. The molecule has 0 aromatic carbocycles. The summed E-state index contributed by atoms with van der Waals surface area (Å²) in [7, 11) is 0. The number of aromatic nitrogens is 1. The van der Waals surface area contributed by atoms with Crippen LogP contribution in [0.25, 0.3) is 0 Å². The van der Waals surface area contributed by atoms with E-state index in [0.717, 1.165) is 11.3 Å². The molecule has 0 saturated carbocycles. The number of nitrogens with one attached hydrogen (secondary N) is 1. The Hall–Kier alpha value is -1.64. The Labute approximate surface area is 83.9 Å². The van der Waals surface area contributed by atoms with E-state index in [4.69, 9.17) is 0 Å². The molecule has 0 fully saturated rings. The van der Waals surface area contributed by atoms with Crippen molar-refractivity contribution in [2.75, 3.05) is 6.54 Å². The molecule has 0 aliphatic carbocycles. The molecule has 1 N–H and O–H groups in total. The lowest BCUT2D eigenvalue weighted by Crippen LogP contribution is -2.25. The number of hydrogen-bond donors (Lipinski definition) is 1. The van der Waals surface area contributed by atoms with E-state index in [0.29, 0.717) is 12.2 Å². The summed E-state index contributed by atoms with van der Waals surface area (Å²) in [6.07, 6.45) is 0. The highest BCUT2D eigenvalue weighted by Crippen LogP contribution is 1.97. The van der Waals surface area contributed by atoms with Crippen LogP contribution in [0.4, 0.5) is 0 Å². The van der Waals surface area contributed by atoms with Crippen LogP contribution in [-0.4, -0.2) is 17.4 Å². The van der Waals surface area contributed by atoms with E-state index in [1.165, 1.54) is 0 Å². The first-order valence-electron chi connectivity index (χ1n) is 4.46. The fourth-order valence-corrected chi connectivity index (χ4v) is 0.991. The lowest BCUT2D eigenvalue weighted by atomic mass is 10.3. The first kappa shape index (κ1) is 10.4. The molecule has 1 heterocycles. The van der Waals surface area contributed by atoms with Crippen LogP contribution in [0.3, 0.4) is 0 Å². The fourth-order valence-electron chi connectivity index (χ4n) is 0.991. The van der Waals surface area contributed by atoms with Crippen molar-refractivity contribution in [3.05, 3.63) is 41.7 Å². The van der Waals surface area contributed by atoms with Gasteiger partial charge in [-0.25, -0.2) is 4.98 Å². The van der Waals surface area contributed by atoms with Crippen LogP contribution < -0.4 is 5.32 Å². The summed E-state index contributed by atoms with van der Waals surface area (Å²) in [5, 5.41) is 2.72. The third kappa shape index (κ3) is 3.01. The molecule has 1 amide bonds. The van der Waals surface area contributed by atoms with Crippen molar-refractivity contribution in [2.24, 2.45) is 0 Å². The van der Waals surface area contributed by atoms with Gasteiger partial charge in [-0.1, -0.05) is 18.2 Å². The molecule has 0 unspecified atom stereocenters. The molecule has 0 bridgehead atoms. The molecular formula is C11H14N2O. The number of nitrogens with zero attached hydrogens (tertiary/aromatic N) is 1. The van der Waals surface area contributed by atoms with Gasteiger partial charge in [0.2, 0.25) is 0 Å². The van der Waals surface area contributed by atoms with Crippen molar-refractivity contribution in [3.63, 3.8) is 0 Å². The van der Waals surface area contributed by atoms with Gasteiger partial charge in [-0.3, -0.25) is 4.79 Å². The number of amides is 1. The maximum Gasteiger partial charge on any atom is 0.270 e. The van der Waals surface area contributed by atoms with Crippen LogP contribution in [0.2, 0.25) is 0 Å². The monoisotopic (exact) mass is 190 g/mol. The molecule has 74 valence electrons. The molecule has 0 radical (unpaired) electrons. The maximum atomic E-state index is 11.5. The number of carbonyl (C=O) groups is 1. The minimum absolute atomic E-state index is 0.156. The van der Waals surface area contributed by atoms with Gasteiger partial charge >= 0.3 is 0 Å². The van der Waals surface area contributed by atoms with Gasteiger partial charge in [0.05, 0.1) is 0 Å². The zero-order valence-corrected chi connectivity index (χ0v) is 8.50. The van der Waals surface area contributed by atoms with E-state index in [1.807, 2.05) is 26.0 Å². The molecule has 1 aromatic heterocycles. The summed E-state index contributed by atoms with van der Waals surface area (Å²) in [5.41, 5.74) is 2.21. The van der Waals surface area contributed by atoms with Crippen LogP contribution in [0.5, 0.6) is 0 Å². The topological polar surface area (TPSA) is 42.0 Å². The second kappa shape index (κ2) is 4.56. The molecule has 1 aromatic rings. The Balaban J connectivity index is 2.65. The summed E-state index contributed by atoms with van der Waals surface area (Å²) in [5.74, 6) is -0.156. The van der Waals surface area contributed by atoms with Gasteiger partial charge in [0, 0.05) is 12.2 Å². The number of carbonyl (C=O) groups excluding carboxylic acids is 1. The Morgan fingerprint density at radius 3 is 2.86 bits per heavy atom. The number of rotatable bonds is 3. The first-order chi connectivity index (χ1) is 6.59. The first-order valence-corrected chi connectivity index (χ1v) is 4.46. The Bertz CT molecular complexity index is 358. The third-order valence-electron chi connectivity index (χ3n) is 1.67. The lowest BCUT2D eigenvalue weighted by Gasteiger charge is -2.04. The SMILES string of the molecule is C=C(C)CNC(=O)c1cccc(C)n1. The Morgan fingerprint density at radius 2 is 2.29 bits per heavy atom. The summed E-state index contributed by atoms with van der Waals surface area (Å²) < 4.78 is 0. The van der Waals surface area contributed by atoms with Crippen LogP contribution in [-0.2, 0) is 0 Å². The van der Waals surface area contributed by atoms with E-state index in [1.54, 1.807) is 6.07 Å². The molecule has 0 saturated heterocycles. The van der Waals surface area contributed by atoms with Crippen molar-refractivity contribution >= 4 is 5.91 Å². The molecule has 1 rings (SSSR count). The zero-order chi connectivity index (χ0) is 10.6. The molecule has 0 aliphatic heterocycles. The highest BCUT2D eigenvalue weighted by atomic mass is 16.1. The van der Waals surface area contributed by atoms with Gasteiger partial charge in [0.15, 0.2) is 0 Å². The molecule has 0 aliphatic rings.